The van der Waals surface area contributed by atoms with Crippen molar-refractivity contribution in [2.75, 3.05) is 0 Å². The van der Waals surface area contributed by atoms with E-state index in [0.717, 1.165) is 24.5 Å². The molecule has 0 spiro atoms. The van der Waals surface area contributed by atoms with Crippen LogP contribution in [0.5, 0.6) is 0 Å². The van der Waals surface area contributed by atoms with Gasteiger partial charge >= 0.3 is 11.0 Å². The van der Waals surface area contributed by atoms with Crippen LogP contribution in [0.15, 0.2) is 72.8 Å². The van der Waals surface area contributed by atoms with Gasteiger partial charge in [-0.3, -0.25) is 24.1 Å². The molecule has 5 aliphatic rings. The number of halogens is 1. The van der Waals surface area contributed by atoms with Gasteiger partial charge in [0.25, 0.3) is 5.91 Å². The minimum Gasteiger partial charge on any atom is -0.352 e. The first-order valence-corrected chi connectivity index (χ1v) is 22.1. The summed E-state index contributed by atoms with van der Waals surface area (Å²) < 4.78 is 7.43. The second-order valence-electron chi connectivity index (χ2n) is 15.6. The number of Topliss-reactive ketones (excluding diaryl/α,β-unsaturated/α-hetero) is 1. The predicted molar refractivity (Wildman–Crippen MR) is 230 cm³/mol. The molecule has 0 aromatic heterocycles. The van der Waals surface area contributed by atoms with Crippen LogP contribution in [-0.4, -0.2) is 45.4 Å². The normalized spacial score (nSPS) is 23.7. The average molecular weight is 840 g/mol. The van der Waals surface area contributed by atoms with Crippen LogP contribution in [-0.2, 0) is 27.9 Å². The van der Waals surface area contributed by atoms with Crippen LogP contribution in [0.2, 0.25) is 0 Å². The molecule has 318 valence electrons. The van der Waals surface area contributed by atoms with Crippen molar-refractivity contribution < 1.29 is 37.5 Å². The Balaban J connectivity index is 0.000000204. The van der Waals surface area contributed by atoms with E-state index in [4.69, 9.17) is 0 Å². The highest BCUT2D eigenvalue weighted by Crippen LogP contribution is 2.36. The Kier molecular flexibility index (Phi) is 23.8. The number of allylic oxidation sites excluding steroid dienone is 2. The van der Waals surface area contributed by atoms with Crippen LogP contribution < -0.4 is 5.32 Å². The third-order valence-electron chi connectivity index (χ3n) is 11.6. The molecule has 3 aliphatic carbocycles. The van der Waals surface area contributed by atoms with Crippen molar-refractivity contribution in [3.8, 4) is 0 Å². The summed E-state index contributed by atoms with van der Waals surface area (Å²) in [5.41, 5.74) is 1.56. The maximum absolute atomic E-state index is 12.3. The summed E-state index contributed by atoms with van der Waals surface area (Å²) in [7, 11) is 0. The van der Waals surface area contributed by atoms with Gasteiger partial charge in [-0.15, -0.1) is 4.28 Å². The number of isocyanates is 1. The van der Waals surface area contributed by atoms with Gasteiger partial charge in [-0.2, -0.15) is 4.79 Å². The highest BCUT2D eigenvalue weighted by molar-refractivity contribution is 7.74. The Labute approximate surface area is 356 Å². The number of nitrogens with zero attached hydrogens (tertiary/aromatic N) is 2. The van der Waals surface area contributed by atoms with Crippen molar-refractivity contribution >= 4 is 54.4 Å². The fourth-order valence-electron chi connectivity index (χ4n) is 8.24. The van der Waals surface area contributed by atoms with Crippen LogP contribution in [0.3, 0.4) is 0 Å². The molecule has 5 atom stereocenters. The van der Waals surface area contributed by atoms with E-state index in [1.165, 1.54) is 114 Å². The minimum atomic E-state index is -0.217. The molecule has 4 fully saturated rings. The lowest BCUT2D eigenvalue weighted by molar-refractivity contribution is -0.905. The predicted octanol–water partition coefficient (Wildman–Crippen LogP) is 10.9. The number of ketones is 1. The number of rotatable bonds is 6. The van der Waals surface area contributed by atoms with E-state index in [-0.39, 0.29) is 22.8 Å². The number of imide groups is 1. The lowest BCUT2D eigenvalue weighted by Crippen LogP contribution is -2.58. The number of amides is 3. The van der Waals surface area contributed by atoms with Gasteiger partial charge in [-0.25, -0.2) is 0 Å². The monoisotopic (exact) mass is 838 g/mol. The number of fused-ring (bicyclic) bond motifs is 1. The number of β-lactam (4-membered cyclic amide) rings is 2. The van der Waals surface area contributed by atoms with E-state index in [9.17, 15) is 24.0 Å². The smallest absolute Gasteiger partial charge is 0.352 e. The Morgan fingerprint density at radius 1 is 0.810 bits per heavy atom. The average Bonchev–Trinajstić information content (AvgIpc) is 3.20. The SMILES string of the molecule is C1=CCCCCCC1.CC[C@@H]1CCCCCCC1C(C)=O.O=C1CC(c2ccccc2)N1C(=O)c1ccccc1.O=C1N[C@@H]2CCCCCCC12.O=C=[N+](OS)OCl. The molecule has 58 heavy (non-hydrogen) atoms. The van der Waals surface area contributed by atoms with Gasteiger partial charge in [0, 0.05) is 17.5 Å². The van der Waals surface area contributed by atoms with Crippen LogP contribution in [0.1, 0.15) is 164 Å². The van der Waals surface area contributed by atoms with Crippen molar-refractivity contribution in [2.24, 2.45) is 17.8 Å². The summed E-state index contributed by atoms with van der Waals surface area (Å²) in [5.74, 6) is 1.84. The molecule has 2 saturated carbocycles. The van der Waals surface area contributed by atoms with E-state index < -0.39 is 0 Å². The van der Waals surface area contributed by atoms with E-state index in [1.54, 1.807) is 31.2 Å². The number of benzene rings is 2. The van der Waals surface area contributed by atoms with Crippen molar-refractivity contribution in [3.63, 3.8) is 0 Å². The number of hydrogen-bond donors (Lipinski definition) is 2. The molecule has 10 nitrogen and oxygen atoms in total. The third-order valence-corrected chi connectivity index (χ3v) is 11.9. The highest BCUT2D eigenvalue weighted by Gasteiger charge is 2.42. The molecule has 2 heterocycles. The first-order chi connectivity index (χ1) is 28.2. The van der Waals surface area contributed by atoms with Crippen LogP contribution in [0.4, 0.5) is 0 Å². The molecular formula is C46H65ClN3O7S+. The lowest BCUT2D eigenvalue weighted by Gasteiger charge is -2.39. The zero-order valence-electron chi connectivity index (χ0n) is 34.5. The molecule has 2 aromatic rings. The first kappa shape index (κ1) is 48.4. The van der Waals surface area contributed by atoms with Crippen molar-refractivity contribution in [1.82, 2.24) is 10.2 Å². The van der Waals surface area contributed by atoms with E-state index >= 15 is 0 Å². The van der Waals surface area contributed by atoms with E-state index in [2.05, 4.69) is 57.8 Å². The summed E-state index contributed by atoms with van der Waals surface area (Å²) in [4.78, 5) is 57.4. The minimum absolute atomic E-state index is 0.109. The van der Waals surface area contributed by atoms with Gasteiger partial charge in [0.2, 0.25) is 23.7 Å². The quantitative estimate of drug-likeness (QED) is 0.0434. The summed E-state index contributed by atoms with van der Waals surface area (Å²) in [5, 5.41) is 2.97. The molecule has 3 unspecified atom stereocenters. The molecule has 1 N–H and O–H groups in total. The summed E-state index contributed by atoms with van der Waals surface area (Å²) in [6, 6.07) is 19.0. The second kappa shape index (κ2) is 28.5. The van der Waals surface area contributed by atoms with E-state index in [0.29, 0.717) is 47.5 Å². The van der Waals surface area contributed by atoms with Gasteiger partial charge in [-0.1, -0.05) is 143 Å². The molecule has 7 rings (SSSR count). The fraction of sp³-hybridized carbons (Fsp3) is 0.587. The maximum Gasteiger partial charge on any atom is 0.543 e. The summed E-state index contributed by atoms with van der Waals surface area (Å²) in [6.07, 6.45) is 31.1. The van der Waals surface area contributed by atoms with Crippen molar-refractivity contribution in [1.29, 1.82) is 0 Å². The Hall–Kier alpha value is -3.92. The summed E-state index contributed by atoms with van der Waals surface area (Å²) >= 11 is 7.69. The maximum atomic E-state index is 12.3. The van der Waals surface area contributed by atoms with Crippen molar-refractivity contribution in [3.05, 3.63) is 83.9 Å². The molecule has 12 heteroatoms. The fourth-order valence-corrected chi connectivity index (χ4v) is 8.40. The second-order valence-corrected chi connectivity index (χ2v) is 15.9. The zero-order valence-corrected chi connectivity index (χ0v) is 36.2. The first-order valence-electron chi connectivity index (χ1n) is 21.5. The molecule has 2 aliphatic heterocycles. The standard InChI is InChI=1S/C16H13NO2.C12H22O.C9H15NO.C8H14.CClNO3S/c18-15-11-14(12-7-3-1-4-8-12)17(15)16(19)13-9-5-2-6-10-13;1-3-11-8-6-4-5-7-9-12(11)10(2)13;11-9-7-5-3-1-2-4-6-8(7)10-9;1-2-4-6-8-7-5-3-1;2-5-3(1-4)6-7/h1-10,14H,11H2;11-12H,3-9H2,1-2H3;7-8H,1-6H2,(H,10,11);1-2H,3-8H2;/p+1/t;11-,12?;7?,8-;;/m.11../s1. The van der Waals surface area contributed by atoms with Gasteiger partial charge < -0.3 is 5.32 Å². The summed E-state index contributed by atoms with van der Waals surface area (Å²) in [6.45, 7) is 4.00. The van der Waals surface area contributed by atoms with Crippen LogP contribution in [0.25, 0.3) is 0 Å². The van der Waals surface area contributed by atoms with Crippen LogP contribution >= 0.6 is 24.8 Å². The molecule has 2 saturated heterocycles. The lowest BCUT2D eigenvalue weighted by atomic mass is 9.78. The number of hydrogen-bond acceptors (Lipinski definition) is 8. The number of thiol groups is 1. The molecule has 0 bridgehead atoms. The molecule has 2 aromatic carbocycles. The largest absolute Gasteiger partial charge is 0.543 e. The Morgan fingerprint density at radius 2 is 1.36 bits per heavy atom. The number of carbonyl (C=O) groups excluding carboxylic acids is 5. The number of carbonyl (C=O) groups is 4. The van der Waals surface area contributed by atoms with Gasteiger partial charge in [0.15, 0.2) is 0 Å². The topological polar surface area (TPSA) is 122 Å². The molecule has 0 radical (unpaired) electrons. The Bertz CT molecular complexity index is 1590. The molecular weight excluding hydrogens is 774 g/mol. The van der Waals surface area contributed by atoms with Gasteiger partial charge in [0.05, 0.1) is 18.4 Å². The number of nitrogens with one attached hydrogen (secondary N) is 1. The van der Waals surface area contributed by atoms with Crippen LogP contribution in [0, 0.1) is 17.8 Å². The third kappa shape index (κ3) is 16.7. The van der Waals surface area contributed by atoms with Gasteiger partial charge in [0.1, 0.15) is 18.7 Å². The molecule has 3 amide bonds. The highest BCUT2D eigenvalue weighted by atomic mass is 35.5. The number of likely N-dealkylation sites (tertiary alicyclic amines) is 1. The zero-order chi connectivity index (χ0) is 42.0. The van der Waals surface area contributed by atoms with Gasteiger partial charge in [-0.05, 0) is 81.9 Å². The Morgan fingerprint density at radius 3 is 1.86 bits per heavy atom. The van der Waals surface area contributed by atoms with Crippen molar-refractivity contribution in [2.45, 2.75) is 154 Å². The van der Waals surface area contributed by atoms with E-state index in [1.807, 2.05) is 36.4 Å².